The fourth-order valence-electron chi connectivity index (χ4n) is 2.53. The highest BCUT2D eigenvalue weighted by molar-refractivity contribution is 5.94. The Hall–Kier alpha value is -2.93. The molecule has 150 valence electrons. The van der Waals surface area contributed by atoms with Gasteiger partial charge in [-0.05, 0) is 23.6 Å². The van der Waals surface area contributed by atoms with Crippen molar-refractivity contribution in [3.05, 3.63) is 65.0 Å². The number of carbonyl (C=O) groups is 1. The minimum Gasteiger partial charge on any atom is -0.493 e. The van der Waals surface area contributed by atoms with Gasteiger partial charge in [0.15, 0.2) is 6.10 Å². The van der Waals surface area contributed by atoms with Gasteiger partial charge in [0.1, 0.15) is 17.4 Å². The van der Waals surface area contributed by atoms with Gasteiger partial charge in [-0.3, -0.25) is 10.2 Å². The lowest BCUT2D eigenvalue weighted by atomic mass is 10.1. The summed E-state index contributed by atoms with van der Waals surface area (Å²) < 4.78 is 25.2. The molecule has 2 aromatic carbocycles. The van der Waals surface area contributed by atoms with E-state index in [1.807, 2.05) is 13.8 Å². The second kappa shape index (κ2) is 9.85. The zero-order chi connectivity index (χ0) is 20.7. The summed E-state index contributed by atoms with van der Waals surface area (Å²) >= 11 is 0. The van der Waals surface area contributed by atoms with Crippen molar-refractivity contribution in [1.29, 1.82) is 5.41 Å². The smallest absolute Gasteiger partial charge is 0.254 e. The minimum absolute atomic E-state index is 0.0219. The van der Waals surface area contributed by atoms with E-state index in [9.17, 15) is 9.18 Å². The van der Waals surface area contributed by atoms with Crippen molar-refractivity contribution in [2.24, 2.45) is 11.7 Å². The van der Waals surface area contributed by atoms with Crippen LogP contribution in [0.15, 0.2) is 42.5 Å². The molecule has 0 aliphatic rings. The molecular formula is C21H26FN3O3. The van der Waals surface area contributed by atoms with Crippen LogP contribution in [0.2, 0.25) is 0 Å². The summed E-state index contributed by atoms with van der Waals surface area (Å²) in [6, 6.07) is 11.3. The Bertz CT molecular complexity index is 822. The van der Waals surface area contributed by atoms with Crippen LogP contribution in [0.5, 0.6) is 5.75 Å². The second-order valence-corrected chi connectivity index (χ2v) is 6.83. The fourth-order valence-corrected chi connectivity index (χ4v) is 2.53. The average Bonchev–Trinajstić information content (AvgIpc) is 2.67. The number of benzene rings is 2. The molecule has 7 heteroatoms. The van der Waals surface area contributed by atoms with Crippen molar-refractivity contribution in [1.82, 2.24) is 5.32 Å². The van der Waals surface area contributed by atoms with Gasteiger partial charge in [0.05, 0.1) is 6.61 Å². The van der Waals surface area contributed by atoms with Crippen molar-refractivity contribution in [2.45, 2.75) is 26.5 Å². The molecule has 0 fully saturated rings. The highest BCUT2D eigenvalue weighted by Gasteiger charge is 2.23. The van der Waals surface area contributed by atoms with Crippen LogP contribution in [0.25, 0.3) is 0 Å². The maximum absolute atomic E-state index is 14.5. The van der Waals surface area contributed by atoms with Crippen LogP contribution >= 0.6 is 0 Å². The molecule has 28 heavy (non-hydrogen) atoms. The molecule has 0 heterocycles. The second-order valence-electron chi connectivity index (χ2n) is 6.83. The Balaban J connectivity index is 2.03. The first-order valence-corrected chi connectivity index (χ1v) is 8.98. The number of ether oxygens (including phenoxy) is 2. The number of amidine groups is 1. The third kappa shape index (κ3) is 5.79. The van der Waals surface area contributed by atoms with E-state index in [1.54, 1.807) is 30.3 Å². The molecule has 0 aliphatic carbocycles. The number of nitrogens with one attached hydrogen (secondary N) is 2. The van der Waals surface area contributed by atoms with Gasteiger partial charge in [0, 0.05) is 30.8 Å². The van der Waals surface area contributed by atoms with E-state index in [0.29, 0.717) is 23.8 Å². The van der Waals surface area contributed by atoms with Gasteiger partial charge in [-0.25, -0.2) is 4.39 Å². The van der Waals surface area contributed by atoms with Gasteiger partial charge in [-0.2, -0.15) is 0 Å². The van der Waals surface area contributed by atoms with Gasteiger partial charge in [-0.15, -0.1) is 0 Å². The number of hydrogen-bond donors (Lipinski definition) is 3. The summed E-state index contributed by atoms with van der Waals surface area (Å²) in [6.45, 7) is 4.73. The highest BCUT2D eigenvalue weighted by Crippen LogP contribution is 2.25. The topological polar surface area (TPSA) is 97.4 Å². The molecule has 0 spiro atoms. The number of hydrogen-bond acceptors (Lipinski definition) is 4. The number of rotatable bonds is 9. The zero-order valence-electron chi connectivity index (χ0n) is 16.3. The van der Waals surface area contributed by atoms with Crippen LogP contribution in [-0.4, -0.2) is 25.5 Å². The summed E-state index contributed by atoms with van der Waals surface area (Å²) in [4.78, 5) is 12.5. The molecule has 0 unspecified atom stereocenters. The maximum atomic E-state index is 14.5. The summed E-state index contributed by atoms with van der Waals surface area (Å²) in [7, 11) is 1.36. The number of halogens is 1. The SMILES string of the molecule is CO[C@H](C(=O)NCc1ccc(C(=N)N)cc1)c1ccc(OCC(C)C)cc1F. The molecular weight excluding hydrogens is 361 g/mol. The van der Waals surface area contributed by atoms with E-state index in [2.05, 4.69) is 5.32 Å². The largest absolute Gasteiger partial charge is 0.493 e. The van der Waals surface area contributed by atoms with Crippen LogP contribution in [-0.2, 0) is 16.1 Å². The third-order valence-corrected chi connectivity index (χ3v) is 4.04. The van der Waals surface area contributed by atoms with Crippen LogP contribution in [0.4, 0.5) is 4.39 Å². The Morgan fingerprint density at radius 3 is 2.43 bits per heavy atom. The Morgan fingerprint density at radius 2 is 1.89 bits per heavy atom. The normalized spacial score (nSPS) is 11.9. The molecule has 1 amide bonds. The molecule has 2 rings (SSSR count). The summed E-state index contributed by atoms with van der Waals surface area (Å²) in [6.07, 6.45) is -1.07. The molecule has 1 atom stereocenters. The quantitative estimate of drug-likeness (QED) is 0.455. The monoisotopic (exact) mass is 387 g/mol. The third-order valence-electron chi connectivity index (χ3n) is 4.04. The van der Waals surface area contributed by atoms with E-state index >= 15 is 0 Å². The zero-order valence-corrected chi connectivity index (χ0v) is 16.3. The van der Waals surface area contributed by atoms with Crippen molar-refractivity contribution < 1.29 is 18.7 Å². The first-order chi connectivity index (χ1) is 13.3. The van der Waals surface area contributed by atoms with Crippen molar-refractivity contribution in [3.63, 3.8) is 0 Å². The number of carbonyl (C=O) groups excluding carboxylic acids is 1. The molecule has 0 saturated carbocycles. The lowest BCUT2D eigenvalue weighted by Gasteiger charge is -2.17. The van der Waals surface area contributed by atoms with Crippen molar-refractivity contribution in [3.8, 4) is 5.75 Å². The summed E-state index contributed by atoms with van der Waals surface area (Å²) in [5.74, 6) is -0.297. The first-order valence-electron chi connectivity index (χ1n) is 8.98. The van der Waals surface area contributed by atoms with E-state index in [0.717, 1.165) is 5.56 Å². The van der Waals surface area contributed by atoms with E-state index in [4.69, 9.17) is 20.6 Å². The molecule has 2 aromatic rings. The first kappa shape index (κ1) is 21.4. The number of methoxy groups -OCH3 is 1. The maximum Gasteiger partial charge on any atom is 0.254 e. The van der Waals surface area contributed by atoms with Crippen LogP contribution in [0.3, 0.4) is 0 Å². The molecule has 0 bridgehead atoms. The molecule has 4 N–H and O–H groups in total. The van der Waals surface area contributed by atoms with Crippen molar-refractivity contribution in [2.75, 3.05) is 13.7 Å². The Labute approximate surface area is 164 Å². The standard InChI is InChI=1S/C21H26FN3O3/c1-13(2)12-28-16-8-9-17(18(22)10-16)19(27-3)21(26)25-11-14-4-6-15(7-5-14)20(23)24/h4-10,13,19H,11-12H2,1-3H3,(H3,23,24)(H,25,26)/t19-/m0/s1. The van der Waals surface area contributed by atoms with Gasteiger partial charge in [0.25, 0.3) is 5.91 Å². The van der Waals surface area contributed by atoms with E-state index in [-0.39, 0.29) is 17.9 Å². The summed E-state index contributed by atoms with van der Waals surface area (Å²) in [5, 5.41) is 10.1. The predicted molar refractivity (Wildman–Crippen MR) is 106 cm³/mol. The predicted octanol–water partition coefficient (Wildman–Crippen LogP) is 3.15. The van der Waals surface area contributed by atoms with Gasteiger partial charge < -0.3 is 20.5 Å². The Kier molecular flexibility index (Phi) is 7.52. The van der Waals surface area contributed by atoms with Crippen LogP contribution in [0.1, 0.15) is 36.6 Å². The van der Waals surface area contributed by atoms with Crippen LogP contribution in [0, 0.1) is 17.1 Å². The lowest BCUT2D eigenvalue weighted by Crippen LogP contribution is -2.30. The van der Waals surface area contributed by atoms with Gasteiger partial charge >= 0.3 is 0 Å². The number of amides is 1. The average molecular weight is 387 g/mol. The lowest BCUT2D eigenvalue weighted by molar-refractivity contribution is -0.131. The molecule has 0 aliphatic heterocycles. The molecule has 0 aromatic heterocycles. The van der Waals surface area contributed by atoms with Crippen molar-refractivity contribution >= 4 is 11.7 Å². The number of nitrogen functional groups attached to an aromatic ring is 1. The van der Waals surface area contributed by atoms with Gasteiger partial charge in [-0.1, -0.05) is 38.1 Å². The van der Waals surface area contributed by atoms with E-state index < -0.39 is 17.8 Å². The molecule has 6 nitrogen and oxygen atoms in total. The molecule has 0 saturated heterocycles. The fraction of sp³-hybridized carbons (Fsp3) is 0.333. The summed E-state index contributed by atoms with van der Waals surface area (Å²) in [5.41, 5.74) is 6.99. The van der Waals surface area contributed by atoms with Gasteiger partial charge in [0.2, 0.25) is 0 Å². The highest BCUT2D eigenvalue weighted by atomic mass is 19.1. The Morgan fingerprint density at radius 1 is 1.21 bits per heavy atom. The minimum atomic E-state index is -1.07. The van der Waals surface area contributed by atoms with E-state index in [1.165, 1.54) is 19.2 Å². The van der Waals surface area contributed by atoms with Crippen LogP contribution < -0.4 is 15.8 Å². The number of nitrogens with two attached hydrogens (primary N) is 1. The molecule has 0 radical (unpaired) electrons.